The number of carbonyl (C=O) groups excluding carboxylic acids is 1. The fraction of sp³-hybridized carbons (Fsp3) is 0.909. The number of likely N-dealkylation sites (N-methyl/N-ethyl adjacent to an activating group) is 1. The Hall–Kier alpha value is -0.650. The molecule has 1 rings (SSSR count). The maximum absolute atomic E-state index is 11.5. The molecule has 1 heterocycles. The van der Waals surface area contributed by atoms with Crippen LogP contribution >= 0.6 is 0 Å². The topological polar surface area (TPSA) is 50.8 Å². The molecule has 0 aromatic heterocycles. The molecule has 1 aliphatic heterocycles. The molecular weight excluding hydrogens is 208 g/mol. The van der Waals surface area contributed by atoms with E-state index in [0.717, 1.165) is 26.2 Å². The van der Waals surface area contributed by atoms with E-state index in [1.165, 1.54) is 7.11 Å². The Balaban J connectivity index is 2.43. The first-order valence-electron chi connectivity index (χ1n) is 5.82. The van der Waals surface area contributed by atoms with Crippen LogP contribution in [0.4, 0.5) is 0 Å². The van der Waals surface area contributed by atoms with E-state index in [-0.39, 0.29) is 18.1 Å². The molecule has 1 fully saturated rings. The van der Waals surface area contributed by atoms with E-state index in [2.05, 4.69) is 10.2 Å². The van der Waals surface area contributed by atoms with E-state index in [1.807, 2.05) is 13.8 Å². The van der Waals surface area contributed by atoms with Gasteiger partial charge in [0.05, 0.1) is 19.8 Å². The third kappa shape index (κ3) is 4.08. The van der Waals surface area contributed by atoms with Gasteiger partial charge in [0, 0.05) is 19.6 Å². The van der Waals surface area contributed by atoms with Crippen LogP contribution in [0.2, 0.25) is 0 Å². The van der Waals surface area contributed by atoms with Gasteiger partial charge in [0.15, 0.2) is 0 Å². The summed E-state index contributed by atoms with van der Waals surface area (Å²) >= 11 is 0. The minimum absolute atomic E-state index is 0.194. The average Bonchev–Trinajstić information content (AvgIpc) is 2.27. The Kier molecular flexibility index (Phi) is 5.73. The molecule has 0 saturated carbocycles. The zero-order chi connectivity index (χ0) is 12.0. The minimum atomic E-state index is -0.236. The van der Waals surface area contributed by atoms with Crippen LogP contribution in [0, 0.1) is 0 Å². The number of ether oxygens (including phenoxy) is 2. The first-order valence-corrected chi connectivity index (χ1v) is 5.82. The van der Waals surface area contributed by atoms with Gasteiger partial charge < -0.3 is 14.8 Å². The predicted molar refractivity (Wildman–Crippen MR) is 61.3 cm³/mol. The fourth-order valence-corrected chi connectivity index (χ4v) is 1.93. The molecule has 0 radical (unpaired) electrons. The van der Waals surface area contributed by atoms with E-state index < -0.39 is 0 Å². The van der Waals surface area contributed by atoms with Crippen molar-refractivity contribution in [3.8, 4) is 0 Å². The second-order valence-corrected chi connectivity index (χ2v) is 4.07. The molecule has 1 N–H and O–H groups in total. The van der Waals surface area contributed by atoms with Crippen LogP contribution < -0.4 is 5.32 Å². The first kappa shape index (κ1) is 13.4. The van der Waals surface area contributed by atoms with E-state index in [9.17, 15) is 4.79 Å². The second kappa shape index (κ2) is 6.83. The summed E-state index contributed by atoms with van der Waals surface area (Å²) in [6, 6.07) is -0.236. The molecule has 5 heteroatoms. The van der Waals surface area contributed by atoms with E-state index in [4.69, 9.17) is 9.47 Å². The smallest absolute Gasteiger partial charge is 0.324 e. The Morgan fingerprint density at radius 3 is 3.00 bits per heavy atom. The summed E-state index contributed by atoms with van der Waals surface area (Å²) in [5.74, 6) is -0.194. The summed E-state index contributed by atoms with van der Waals surface area (Å²) in [6.45, 7) is 7.97. The maximum Gasteiger partial charge on any atom is 0.324 e. The normalized spacial score (nSPS) is 24.1. The molecule has 0 aliphatic carbocycles. The van der Waals surface area contributed by atoms with Crippen LogP contribution in [0.3, 0.4) is 0 Å². The van der Waals surface area contributed by atoms with Gasteiger partial charge >= 0.3 is 5.97 Å². The van der Waals surface area contributed by atoms with Gasteiger partial charge in [0.1, 0.15) is 6.04 Å². The Morgan fingerprint density at radius 2 is 2.44 bits per heavy atom. The number of rotatable bonds is 5. The zero-order valence-corrected chi connectivity index (χ0v) is 10.4. The fourth-order valence-electron chi connectivity index (χ4n) is 1.93. The van der Waals surface area contributed by atoms with Crippen LogP contribution in [0.25, 0.3) is 0 Å². The van der Waals surface area contributed by atoms with Crippen LogP contribution in [0.1, 0.15) is 13.8 Å². The van der Waals surface area contributed by atoms with Gasteiger partial charge in [-0.05, 0) is 13.5 Å². The zero-order valence-electron chi connectivity index (χ0n) is 10.4. The van der Waals surface area contributed by atoms with E-state index in [1.54, 1.807) is 0 Å². The summed E-state index contributed by atoms with van der Waals surface area (Å²) in [4.78, 5) is 13.7. The van der Waals surface area contributed by atoms with Gasteiger partial charge in [-0.1, -0.05) is 6.92 Å². The highest BCUT2D eigenvalue weighted by molar-refractivity contribution is 5.75. The third-order valence-electron chi connectivity index (χ3n) is 2.70. The number of carbonyl (C=O) groups is 1. The summed E-state index contributed by atoms with van der Waals surface area (Å²) in [6.07, 6.45) is 0.244. The van der Waals surface area contributed by atoms with Gasteiger partial charge in [-0.2, -0.15) is 0 Å². The molecule has 0 amide bonds. The SMILES string of the molecule is CCNC(CN1CCOC(C)C1)C(=O)OC. The Morgan fingerprint density at radius 1 is 1.69 bits per heavy atom. The monoisotopic (exact) mass is 230 g/mol. The largest absolute Gasteiger partial charge is 0.468 e. The minimum Gasteiger partial charge on any atom is -0.468 e. The lowest BCUT2D eigenvalue weighted by Gasteiger charge is -2.33. The van der Waals surface area contributed by atoms with Crippen LogP contribution in [-0.2, 0) is 14.3 Å². The maximum atomic E-state index is 11.5. The summed E-state index contributed by atoms with van der Waals surface area (Å²) in [5.41, 5.74) is 0. The Bertz CT molecular complexity index is 223. The average molecular weight is 230 g/mol. The van der Waals surface area contributed by atoms with E-state index in [0.29, 0.717) is 6.54 Å². The molecule has 94 valence electrons. The van der Waals surface area contributed by atoms with Crippen molar-refractivity contribution in [3.63, 3.8) is 0 Å². The highest BCUT2D eigenvalue weighted by Crippen LogP contribution is 2.05. The van der Waals surface area contributed by atoms with Crippen molar-refractivity contribution in [1.29, 1.82) is 0 Å². The lowest BCUT2D eigenvalue weighted by Crippen LogP contribution is -2.51. The molecule has 1 saturated heterocycles. The molecular formula is C11H22N2O3. The molecule has 0 aromatic carbocycles. The number of hydrogen-bond acceptors (Lipinski definition) is 5. The lowest BCUT2D eigenvalue weighted by atomic mass is 10.2. The number of nitrogens with one attached hydrogen (secondary N) is 1. The van der Waals surface area contributed by atoms with Crippen LogP contribution in [0.5, 0.6) is 0 Å². The predicted octanol–water partition coefficient (Wildman–Crippen LogP) is -0.142. The molecule has 5 nitrogen and oxygen atoms in total. The molecule has 2 unspecified atom stereocenters. The van der Waals surface area contributed by atoms with Crippen molar-refractivity contribution in [2.24, 2.45) is 0 Å². The van der Waals surface area contributed by atoms with Crippen molar-refractivity contribution in [1.82, 2.24) is 10.2 Å². The van der Waals surface area contributed by atoms with Crippen molar-refractivity contribution in [2.45, 2.75) is 26.0 Å². The molecule has 0 spiro atoms. The number of morpholine rings is 1. The molecule has 16 heavy (non-hydrogen) atoms. The molecule has 1 aliphatic rings. The summed E-state index contributed by atoms with van der Waals surface area (Å²) < 4.78 is 10.2. The first-order chi connectivity index (χ1) is 7.67. The van der Waals surface area contributed by atoms with Crippen LogP contribution in [-0.4, -0.2) is 62.9 Å². The molecule has 0 aromatic rings. The van der Waals surface area contributed by atoms with Gasteiger partial charge in [0.25, 0.3) is 0 Å². The van der Waals surface area contributed by atoms with Crippen molar-refractivity contribution in [3.05, 3.63) is 0 Å². The highest BCUT2D eigenvalue weighted by atomic mass is 16.5. The third-order valence-corrected chi connectivity index (χ3v) is 2.70. The quantitative estimate of drug-likeness (QED) is 0.666. The standard InChI is InChI=1S/C11H22N2O3/c1-4-12-10(11(14)15-3)8-13-5-6-16-9(2)7-13/h9-10,12H,4-8H2,1-3H3. The molecule has 2 atom stereocenters. The number of methoxy groups -OCH3 is 1. The second-order valence-electron chi connectivity index (χ2n) is 4.07. The summed E-state index contributed by atoms with van der Waals surface area (Å²) in [5, 5.41) is 3.14. The molecule has 0 bridgehead atoms. The van der Waals surface area contributed by atoms with Crippen molar-refractivity contribution < 1.29 is 14.3 Å². The number of hydrogen-bond donors (Lipinski definition) is 1. The lowest BCUT2D eigenvalue weighted by molar-refractivity contribution is -0.144. The van der Waals surface area contributed by atoms with Crippen molar-refractivity contribution >= 4 is 5.97 Å². The Labute approximate surface area is 97.1 Å². The van der Waals surface area contributed by atoms with Gasteiger partial charge in [-0.3, -0.25) is 9.69 Å². The number of nitrogens with zero attached hydrogens (tertiary/aromatic N) is 1. The number of esters is 1. The van der Waals surface area contributed by atoms with Gasteiger partial charge in [-0.15, -0.1) is 0 Å². The van der Waals surface area contributed by atoms with E-state index >= 15 is 0 Å². The highest BCUT2D eigenvalue weighted by Gasteiger charge is 2.24. The van der Waals surface area contributed by atoms with Gasteiger partial charge in [0.2, 0.25) is 0 Å². The summed E-state index contributed by atoms with van der Waals surface area (Å²) in [7, 11) is 1.43. The van der Waals surface area contributed by atoms with Crippen molar-refractivity contribution in [2.75, 3.05) is 39.9 Å². The van der Waals surface area contributed by atoms with Crippen LogP contribution in [0.15, 0.2) is 0 Å². The van der Waals surface area contributed by atoms with Gasteiger partial charge in [-0.25, -0.2) is 0 Å².